The van der Waals surface area contributed by atoms with E-state index in [1.807, 2.05) is 26.0 Å². The highest BCUT2D eigenvalue weighted by molar-refractivity contribution is 5.95. The number of carbonyl (C=O) groups is 4. The number of aromatic nitrogens is 3. The Hall–Kier alpha value is -5.91. The number of carbonyl (C=O) groups excluding carboxylic acids is 4. The summed E-state index contributed by atoms with van der Waals surface area (Å²) in [4.78, 5) is 79.3. The van der Waals surface area contributed by atoms with Gasteiger partial charge in [0.05, 0.1) is 37.2 Å². The zero-order chi connectivity index (χ0) is 42.9. The molecule has 18 heteroatoms. The van der Waals surface area contributed by atoms with Gasteiger partial charge in [0.1, 0.15) is 23.3 Å². The maximum absolute atomic E-state index is 14.4. The largest absolute Gasteiger partial charge is 0.464 e. The number of nitroso groups, excluding NO2 is 1. The van der Waals surface area contributed by atoms with Crippen LogP contribution >= 0.6 is 0 Å². The molecule has 60 heavy (non-hydrogen) atoms. The van der Waals surface area contributed by atoms with E-state index in [9.17, 15) is 24.1 Å². The highest BCUT2D eigenvalue weighted by Gasteiger charge is 2.45. The first-order valence-corrected chi connectivity index (χ1v) is 20.7. The highest BCUT2D eigenvalue weighted by Crippen LogP contribution is 2.39. The first kappa shape index (κ1) is 42.2. The standard InChI is InChI=1S/C42H55N11O7/c1-8-35(54)50-16-14-28(22-50)53(58)49(7)36(25(3)4)38(55)45-32-18-34-46-47-39(60-34)26-12-13-33-29(17-26)30(37(51(33)9-2)27-20-43-24-44-21-27)19-42(5,6)23-59-41(57)31-11-10-15-52(48-31)40(32)56/h8,12-13,17,20-21,24-25,28,31-32,36,39,47-48H,1,9-11,14-16,18-19,22-23H2,2-7H3/p+1/t28-,31-,32-,36-,39?/m0/s1. The third kappa shape index (κ3) is 8.55. The van der Waals surface area contributed by atoms with Crippen molar-refractivity contribution in [3.8, 4) is 11.3 Å². The number of likely N-dealkylation sites (tertiary alicyclic amines) is 1. The minimum atomic E-state index is -1.19. The van der Waals surface area contributed by atoms with E-state index in [1.165, 1.54) is 29.5 Å². The van der Waals surface area contributed by atoms with Gasteiger partial charge in [0.15, 0.2) is 6.04 Å². The lowest BCUT2D eigenvalue weighted by Crippen LogP contribution is -2.62. The van der Waals surface area contributed by atoms with Crippen molar-refractivity contribution in [1.82, 2.24) is 45.6 Å². The van der Waals surface area contributed by atoms with Crippen LogP contribution in [0.5, 0.6) is 0 Å². The van der Waals surface area contributed by atoms with Crippen LogP contribution in [0, 0.1) is 16.2 Å². The second-order valence-electron chi connectivity index (χ2n) is 17.1. The Morgan fingerprint density at radius 2 is 1.93 bits per heavy atom. The molecule has 2 fully saturated rings. The smallest absolute Gasteiger partial charge is 0.324 e. The summed E-state index contributed by atoms with van der Waals surface area (Å²) in [6.45, 7) is 15.1. The maximum Gasteiger partial charge on any atom is 0.324 e. The molecule has 0 saturated carbocycles. The number of hydrogen-bond acceptors (Lipinski definition) is 12. The molecule has 1 unspecified atom stereocenters. The van der Waals surface area contributed by atoms with Gasteiger partial charge in [-0.3, -0.25) is 29.6 Å². The minimum absolute atomic E-state index is 0.120. The number of esters is 1. The van der Waals surface area contributed by atoms with Gasteiger partial charge in [-0.15, -0.1) is 10.1 Å². The van der Waals surface area contributed by atoms with Crippen molar-refractivity contribution in [2.75, 3.05) is 33.3 Å². The predicted molar refractivity (Wildman–Crippen MR) is 221 cm³/mol. The number of likely N-dealkylation sites (N-methyl/N-ethyl adjacent to an activating group) is 1. The molecule has 2 saturated heterocycles. The van der Waals surface area contributed by atoms with Gasteiger partial charge in [-0.25, -0.2) is 15.4 Å². The summed E-state index contributed by atoms with van der Waals surface area (Å²) >= 11 is 0. The summed E-state index contributed by atoms with van der Waals surface area (Å²) < 4.78 is 14.6. The van der Waals surface area contributed by atoms with E-state index < -0.39 is 53.6 Å². The molecular weight excluding hydrogens is 771 g/mol. The number of fused-ring (bicyclic) bond motifs is 6. The molecule has 5 atom stereocenters. The number of aryl methyl sites for hydroxylation is 1. The molecule has 3 amide bonds. The lowest BCUT2D eigenvalue weighted by atomic mass is 9.84. The Morgan fingerprint density at radius 3 is 2.65 bits per heavy atom. The SMILES string of the molecule is C=CC(=O)N1CC[C@H]([N+](=O)N(C)[C@H](C(=O)N[C@H]2CC3=NNC(O3)c3ccc4c(c3)c(c(-c3cncnc3)n4CC)CC(C)(C)COC(=O)[C@@H]3CCCN(N3)C2=O)C(C)C)C1. The van der Waals surface area contributed by atoms with E-state index >= 15 is 0 Å². The number of ether oxygens (including phenoxy) is 2. The average molecular weight is 827 g/mol. The number of amides is 3. The molecule has 18 nitrogen and oxygen atoms in total. The monoisotopic (exact) mass is 826 g/mol. The number of rotatable bonds is 9. The lowest BCUT2D eigenvalue weighted by Gasteiger charge is -2.36. The molecule has 6 bridgehead atoms. The quantitative estimate of drug-likeness (QED) is 0.124. The summed E-state index contributed by atoms with van der Waals surface area (Å²) in [6.07, 6.45) is 7.47. The van der Waals surface area contributed by atoms with E-state index in [-0.39, 0.29) is 43.8 Å². The van der Waals surface area contributed by atoms with Crippen molar-refractivity contribution >= 4 is 40.5 Å². The Kier molecular flexibility index (Phi) is 12.2. The van der Waals surface area contributed by atoms with Crippen LogP contribution in [0.2, 0.25) is 0 Å². The zero-order valence-electron chi connectivity index (χ0n) is 35.2. The van der Waals surface area contributed by atoms with Gasteiger partial charge in [0.25, 0.3) is 11.9 Å². The lowest BCUT2D eigenvalue weighted by molar-refractivity contribution is -0.732. The first-order valence-electron chi connectivity index (χ1n) is 20.7. The number of hydrazine groups is 2. The summed E-state index contributed by atoms with van der Waals surface area (Å²) in [5, 5.41) is 11.1. The van der Waals surface area contributed by atoms with Gasteiger partial charge in [-0.1, -0.05) is 40.3 Å². The van der Waals surface area contributed by atoms with E-state index in [0.29, 0.717) is 38.8 Å². The molecule has 2 aromatic heterocycles. The normalized spacial score (nSPS) is 23.6. The van der Waals surface area contributed by atoms with Gasteiger partial charge in [0, 0.05) is 65.9 Å². The van der Waals surface area contributed by atoms with Crippen LogP contribution in [-0.2, 0) is 41.6 Å². The molecule has 4 aliphatic rings. The number of nitrogens with one attached hydrogen (secondary N) is 3. The highest BCUT2D eigenvalue weighted by atomic mass is 16.5. The van der Waals surface area contributed by atoms with Crippen molar-refractivity contribution in [1.29, 1.82) is 0 Å². The second kappa shape index (κ2) is 17.4. The fourth-order valence-corrected chi connectivity index (χ4v) is 8.79. The second-order valence-corrected chi connectivity index (χ2v) is 17.1. The first-order chi connectivity index (χ1) is 28.7. The van der Waals surface area contributed by atoms with E-state index in [1.54, 1.807) is 17.3 Å². The van der Waals surface area contributed by atoms with Crippen LogP contribution < -0.4 is 16.2 Å². The van der Waals surface area contributed by atoms with Gasteiger partial charge in [-0.05, 0) is 55.9 Å². The Bertz CT molecular complexity index is 2190. The number of nitrogens with zero attached hydrogens (tertiary/aromatic N) is 8. The van der Waals surface area contributed by atoms with Crippen LogP contribution in [0.15, 0.2) is 54.7 Å². The Morgan fingerprint density at radius 1 is 1.17 bits per heavy atom. The fourth-order valence-electron chi connectivity index (χ4n) is 8.79. The van der Waals surface area contributed by atoms with Crippen LogP contribution in [0.1, 0.15) is 77.7 Å². The van der Waals surface area contributed by atoms with Crippen LogP contribution in [0.4, 0.5) is 0 Å². The predicted octanol–water partition coefficient (Wildman–Crippen LogP) is 2.98. The number of cyclic esters (lactones) is 1. The molecule has 0 spiro atoms. The molecule has 3 aromatic rings. The van der Waals surface area contributed by atoms with E-state index in [2.05, 4.69) is 69.2 Å². The van der Waals surface area contributed by atoms with Crippen molar-refractivity contribution in [3.05, 3.63) is 65.6 Å². The molecule has 7 rings (SSSR count). The molecular formula is C42H56N11O7+. The summed E-state index contributed by atoms with van der Waals surface area (Å²) in [7, 11) is 1.54. The van der Waals surface area contributed by atoms with Gasteiger partial charge in [-0.2, -0.15) is 0 Å². The molecule has 320 valence electrons. The average Bonchev–Trinajstić information content (AvgIpc) is 4.00. The Labute approximate surface area is 349 Å². The van der Waals surface area contributed by atoms with Crippen molar-refractivity contribution < 1.29 is 33.5 Å². The molecule has 4 aliphatic heterocycles. The molecule has 1 aromatic carbocycles. The molecule has 0 radical (unpaired) electrons. The molecule has 3 N–H and O–H groups in total. The van der Waals surface area contributed by atoms with Gasteiger partial charge in [0.2, 0.25) is 23.9 Å². The van der Waals surface area contributed by atoms with Crippen molar-refractivity contribution in [2.24, 2.45) is 16.4 Å². The van der Waals surface area contributed by atoms with E-state index in [0.717, 1.165) is 38.2 Å². The number of hydrazone groups is 1. The van der Waals surface area contributed by atoms with E-state index in [4.69, 9.17) is 9.47 Å². The van der Waals surface area contributed by atoms with Crippen LogP contribution in [0.3, 0.4) is 0 Å². The number of hydrogen-bond donors (Lipinski definition) is 3. The Balaban J connectivity index is 1.20. The maximum atomic E-state index is 14.4. The molecule has 6 heterocycles. The van der Waals surface area contributed by atoms with Crippen molar-refractivity contribution in [2.45, 2.75) is 104 Å². The third-order valence-corrected chi connectivity index (χ3v) is 11.8. The van der Waals surface area contributed by atoms with Crippen LogP contribution in [-0.4, -0.2) is 121 Å². The summed E-state index contributed by atoms with van der Waals surface area (Å²) in [5.41, 5.74) is 10.4. The summed E-state index contributed by atoms with van der Waals surface area (Å²) in [6, 6.07) is 2.56. The van der Waals surface area contributed by atoms with Crippen LogP contribution in [0.25, 0.3) is 22.2 Å². The minimum Gasteiger partial charge on any atom is -0.464 e. The molecule has 0 aliphatic carbocycles. The topological polar surface area (TPSA) is 196 Å². The zero-order valence-corrected chi connectivity index (χ0v) is 35.2. The fraction of sp³-hybridized carbons (Fsp3) is 0.548. The van der Waals surface area contributed by atoms with Gasteiger partial charge >= 0.3 is 5.97 Å². The third-order valence-electron chi connectivity index (χ3n) is 11.8. The van der Waals surface area contributed by atoms with Crippen molar-refractivity contribution in [3.63, 3.8) is 0 Å². The number of benzene rings is 1. The van der Waals surface area contributed by atoms with Gasteiger partial charge < -0.3 is 24.3 Å². The summed E-state index contributed by atoms with van der Waals surface area (Å²) in [5.74, 6) is -1.95.